The molecule has 0 atom stereocenters. The molecule has 1 rings (SSSR count). The summed E-state index contributed by atoms with van der Waals surface area (Å²) in [5, 5.41) is 17.4. The van der Waals surface area contributed by atoms with Crippen molar-refractivity contribution in [3.8, 4) is 0 Å². The summed E-state index contributed by atoms with van der Waals surface area (Å²) in [6, 6.07) is 0.789. The fraction of sp³-hybridized carbons (Fsp3) is 0.143. The summed E-state index contributed by atoms with van der Waals surface area (Å²) < 4.78 is 49.2. The summed E-state index contributed by atoms with van der Waals surface area (Å²) in [4.78, 5) is 0. The van der Waals surface area contributed by atoms with Crippen LogP contribution >= 0.6 is 15.9 Å². The minimum atomic E-state index is -4.68. The van der Waals surface area contributed by atoms with Crippen LogP contribution in [0.5, 0.6) is 0 Å². The number of hydrogen-bond acceptors (Lipinski definition) is 2. The Balaban J connectivity index is 3.32. The first-order valence-corrected chi connectivity index (χ1v) is 4.45. The number of hydrogen-bond donors (Lipinski definition) is 2. The minimum absolute atomic E-state index is 0.208. The smallest absolute Gasteiger partial charge is 0.423 e. The Morgan fingerprint density at radius 1 is 1.20 bits per heavy atom. The SMILES string of the molecule is OB(O)c1c(F)cc(C(F)(F)F)cc1Br. The molecule has 0 fully saturated rings. The molecule has 0 radical (unpaired) electrons. The van der Waals surface area contributed by atoms with Crippen LogP contribution in [0, 0.1) is 5.82 Å². The predicted octanol–water partition coefficient (Wildman–Crippen LogP) is 1.29. The first-order valence-electron chi connectivity index (χ1n) is 3.65. The third-order valence-electron chi connectivity index (χ3n) is 1.66. The zero-order valence-electron chi connectivity index (χ0n) is 7.02. The van der Waals surface area contributed by atoms with E-state index in [9.17, 15) is 17.6 Å². The Morgan fingerprint density at radius 2 is 1.73 bits per heavy atom. The third kappa shape index (κ3) is 2.70. The first-order chi connectivity index (χ1) is 6.73. The van der Waals surface area contributed by atoms with Crippen LogP contribution in [-0.2, 0) is 6.18 Å². The second kappa shape index (κ2) is 4.11. The molecule has 0 saturated carbocycles. The van der Waals surface area contributed by atoms with E-state index in [1.807, 2.05) is 0 Å². The monoisotopic (exact) mass is 286 g/mol. The van der Waals surface area contributed by atoms with Gasteiger partial charge in [-0.1, -0.05) is 15.9 Å². The van der Waals surface area contributed by atoms with Crippen LogP contribution in [0.2, 0.25) is 0 Å². The van der Waals surface area contributed by atoms with Crippen LogP contribution in [0.3, 0.4) is 0 Å². The van der Waals surface area contributed by atoms with Crippen LogP contribution in [0.4, 0.5) is 17.6 Å². The fourth-order valence-electron chi connectivity index (χ4n) is 0.995. The van der Waals surface area contributed by atoms with Crippen LogP contribution < -0.4 is 5.46 Å². The lowest BCUT2D eigenvalue weighted by Crippen LogP contribution is -2.34. The van der Waals surface area contributed by atoms with Crippen molar-refractivity contribution < 1.29 is 27.6 Å². The Hall–Kier alpha value is -0.595. The van der Waals surface area contributed by atoms with E-state index in [0.29, 0.717) is 6.07 Å². The molecule has 0 aromatic heterocycles. The van der Waals surface area contributed by atoms with Crippen molar-refractivity contribution >= 4 is 28.5 Å². The molecule has 8 heteroatoms. The minimum Gasteiger partial charge on any atom is -0.423 e. The van der Waals surface area contributed by atoms with Gasteiger partial charge in [-0.25, -0.2) is 4.39 Å². The van der Waals surface area contributed by atoms with E-state index in [2.05, 4.69) is 15.9 Å². The molecular formula is C7H4BBrF4O2. The number of benzene rings is 1. The highest BCUT2D eigenvalue weighted by atomic mass is 79.9. The van der Waals surface area contributed by atoms with E-state index in [0.717, 1.165) is 0 Å². The molecule has 0 heterocycles. The Kier molecular flexibility index (Phi) is 3.42. The van der Waals surface area contributed by atoms with Crippen LogP contribution in [0.1, 0.15) is 5.56 Å². The van der Waals surface area contributed by atoms with Gasteiger partial charge in [-0.2, -0.15) is 13.2 Å². The molecular weight excluding hydrogens is 283 g/mol. The fourth-order valence-corrected chi connectivity index (χ4v) is 1.64. The molecule has 2 N–H and O–H groups in total. The van der Waals surface area contributed by atoms with E-state index in [4.69, 9.17) is 10.0 Å². The normalized spacial score (nSPS) is 11.7. The average molecular weight is 287 g/mol. The van der Waals surface area contributed by atoms with E-state index in [1.165, 1.54) is 0 Å². The highest BCUT2D eigenvalue weighted by Gasteiger charge is 2.33. The molecule has 0 spiro atoms. The lowest BCUT2D eigenvalue weighted by Gasteiger charge is -2.10. The van der Waals surface area contributed by atoms with E-state index in [-0.39, 0.29) is 10.5 Å². The Bertz CT molecular complexity index is 357. The molecule has 2 nitrogen and oxygen atoms in total. The van der Waals surface area contributed by atoms with E-state index in [1.54, 1.807) is 0 Å². The molecule has 0 saturated heterocycles. The van der Waals surface area contributed by atoms with Crippen LogP contribution in [-0.4, -0.2) is 17.2 Å². The topological polar surface area (TPSA) is 40.5 Å². The van der Waals surface area contributed by atoms with E-state index >= 15 is 0 Å². The van der Waals surface area contributed by atoms with Crippen molar-refractivity contribution in [2.45, 2.75) is 6.18 Å². The Labute approximate surface area is 90.8 Å². The van der Waals surface area contributed by atoms with Crippen molar-refractivity contribution in [1.29, 1.82) is 0 Å². The molecule has 0 amide bonds. The van der Waals surface area contributed by atoms with Gasteiger partial charge >= 0.3 is 13.3 Å². The molecule has 0 bridgehead atoms. The molecule has 0 aliphatic heterocycles. The second-order valence-corrected chi connectivity index (χ2v) is 3.58. The lowest BCUT2D eigenvalue weighted by atomic mass is 9.79. The standard InChI is InChI=1S/C7H4BBrF4O2/c9-4-1-3(7(11,12)13)2-5(10)6(4)8(14)15/h1-2,14-15H. The van der Waals surface area contributed by atoms with Gasteiger partial charge in [0, 0.05) is 9.94 Å². The van der Waals surface area contributed by atoms with Crippen molar-refractivity contribution in [3.63, 3.8) is 0 Å². The van der Waals surface area contributed by atoms with Gasteiger partial charge in [-0.3, -0.25) is 0 Å². The maximum atomic E-state index is 13.0. The van der Waals surface area contributed by atoms with Crippen molar-refractivity contribution in [2.75, 3.05) is 0 Å². The predicted molar refractivity (Wildman–Crippen MR) is 48.9 cm³/mol. The van der Waals surface area contributed by atoms with Crippen LogP contribution in [0.25, 0.3) is 0 Å². The molecule has 82 valence electrons. The maximum Gasteiger partial charge on any atom is 0.492 e. The third-order valence-corrected chi connectivity index (χ3v) is 2.32. The number of alkyl halides is 3. The summed E-state index contributed by atoms with van der Waals surface area (Å²) in [6.07, 6.45) is -4.68. The van der Waals surface area contributed by atoms with Crippen molar-refractivity contribution in [2.24, 2.45) is 0 Å². The van der Waals surface area contributed by atoms with Gasteiger partial charge in [0.05, 0.1) is 5.56 Å². The first kappa shape index (κ1) is 12.5. The molecule has 15 heavy (non-hydrogen) atoms. The summed E-state index contributed by atoms with van der Waals surface area (Å²) in [5.74, 6) is -1.33. The van der Waals surface area contributed by atoms with Gasteiger partial charge < -0.3 is 10.0 Å². The number of halogens is 5. The molecule has 1 aromatic carbocycles. The molecule has 1 aromatic rings. The second-order valence-electron chi connectivity index (χ2n) is 2.72. The van der Waals surface area contributed by atoms with Crippen LogP contribution in [0.15, 0.2) is 16.6 Å². The molecule has 0 aliphatic rings. The van der Waals surface area contributed by atoms with Gasteiger partial charge in [-0.15, -0.1) is 0 Å². The van der Waals surface area contributed by atoms with Crippen molar-refractivity contribution in [3.05, 3.63) is 28.0 Å². The maximum absolute atomic E-state index is 13.0. The van der Waals surface area contributed by atoms with Gasteiger partial charge in [0.2, 0.25) is 0 Å². The lowest BCUT2D eigenvalue weighted by molar-refractivity contribution is -0.137. The Morgan fingerprint density at radius 3 is 2.07 bits per heavy atom. The highest BCUT2D eigenvalue weighted by Crippen LogP contribution is 2.31. The van der Waals surface area contributed by atoms with Gasteiger partial charge in [0.1, 0.15) is 5.82 Å². The summed E-state index contributed by atoms with van der Waals surface area (Å²) in [7, 11) is -2.17. The molecule has 0 unspecified atom stereocenters. The highest BCUT2D eigenvalue weighted by molar-refractivity contribution is 9.10. The molecule has 0 aliphatic carbocycles. The van der Waals surface area contributed by atoms with Crippen molar-refractivity contribution in [1.82, 2.24) is 0 Å². The van der Waals surface area contributed by atoms with E-state index < -0.39 is 30.1 Å². The zero-order valence-corrected chi connectivity index (χ0v) is 8.60. The van der Waals surface area contributed by atoms with Gasteiger partial charge in [-0.05, 0) is 12.1 Å². The largest absolute Gasteiger partial charge is 0.492 e. The van der Waals surface area contributed by atoms with Gasteiger partial charge in [0.15, 0.2) is 0 Å². The van der Waals surface area contributed by atoms with Gasteiger partial charge in [0.25, 0.3) is 0 Å². The zero-order chi connectivity index (χ0) is 11.8. The quantitative estimate of drug-likeness (QED) is 0.603. The summed E-state index contributed by atoms with van der Waals surface area (Å²) >= 11 is 2.63. The summed E-state index contributed by atoms with van der Waals surface area (Å²) in [5.41, 5.74) is -1.82. The summed E-state index contributed by atoms with van der Waals surface area (Å²) in [6.45, 7) is 0. The number of rotatable bonds is 1. The average Bonchev–Trinajstić information content (AvgIpc) is 1.99.